The molecule has 1 rings (SSSR count). The van der Waals surface area contributed by atoms with Crippen molar-refractivity contribution < 1.29 is 9.59 Å². The fourth-order valence-corrected chi connectivity index (χ4v) is 3.06. The number of halogens is 6. The van der Waals surface area contributed by atoms with Crippen LogP contribution in [0.3, 0.4) is 0 Å². The molecule has 1 aliphatic rings. The van der Waals surface area contributed by atoms with E-state index in [1.54, 1.807) is 0 Å². The summed E-state index contributed by atoms with van der Waals surface area (Å²) in [5, 5.41) is -2.42. The minimum atomic E-state index is -2.00. The molecule has 1 aliphatic carbocycles. The van der Waals surface area contributed by atoms with Gasteiger partial charge in [-0.15, -0.1) is 11.6 Å². The average Bonchev–Trinajstić information content (AvgIpc) is 2.14. The molecule has 2 atom stereocenters. The molecule has 0 aromatic heterocycles. The zero-order valence-electron chi connectivity index (χ0n) is 7.24. The molecule has 2 nitrogen and oxygen atoms in total. The summed E-state index contributed by atoms with van der Waals surface area (Å²) in [7, 11) is 0. The topological polar surface area (TPSA) is 34.1 Å². The largest absolute Gasteiger partial charge is 0.280 e. The third-order valence-electron chi connectivity index (χ3n) is 1.99. The van der Waals surface area contributed by atoms with Crippen LogP contribution >= 0.6 is 69.6 Å². The normalized spacial score (nSPS) is 30.1. The Hall–Kier alpha value is 0.560. The van der Waals surface area contributed by atoms with Crippen LogP contribution in [0.5, 0.6) is 0 Å². The standard InChI is InChI=1S/C8H2Cl6O2/c9-2-1-3(10)8(14,7(13)16)4(5(2)11)6(12)15/h1,4H. The van der Waals surface area contributed by atoms with Crippen LogP contribution in [0.15, 0.2) is 21.2 Å². The summed E-state index contributed by atoms with van der Waals surface area (Å²) < 4.78 is 0. The maximum Gasteiger partial charge on any atom is 0.249 e. The number of carbonyl (C=O) groups is 2. The molecular weight excluding hydrogens is 341 g/mol. The van der Waals surface area contributed by atoms with Crippen molar-refractivity contribution in [2.45, 2.75) is 4.87 Å². The van der Waals surface area contributed by atoms with Gasteiger partial charge in [0.25, 0.3) is 0 Å². The van der Waals surface area contributed by atoms with E-state index in [1.807, 2.05) is 0 Å². The van der Waals surface area contributed by atoms with Crippen LogP contribution < -0.4 is 0 Å². The van der Waals surface area contributed by atoms with Gasteiger partial charge in [-0.05, 0) is 29.3 Å². The highest BCUT2D eigenvalue weighted by Crippen LogP contribution is 2.49. The SMILES string of the molecule is O=C(Cl)C1C(Cl)=C(Cl)C=C(Cl)C1(Cl)C(=O)Cl. The van der Waals surface area contributed by atoms with Crippen LogP contribution in [0.4, 0.5) is 0 Å². The first-order valence-electron chi connectivity index (χ1n) is 3.74. The molecule has 0 aliphatic heterocycles. The van der Waals surface area contributed by atoms with Crippen molar-refractivity contribution in [1.82, 2.24) is 0 Å². The molecule has 0 fully saturated rings. The van der Waals surface area contributed by atoms with E-state index in [2.05, 4.69) is 0 Å². The van der Waals surface area contributed by atoms with Crippen LogP contribution in [-0.2, 0) is 9.59 Å². The molecule has 0 saturated carbocycles. The second-order valence-corrected chi connectivity index (χ2v) is 5.44. The second kappa shape index (κ2) is 5.05. The van der Waals surface area contributed by atoms with E-state index in [-0.39, 0.29) is 15.1 Å². The lowest BCUT2D eigenvalue weighted by atomic mass is 9.88. The van der Waals surface area contributed by atoms with Gasteiger partial charge in [0, 0.05) is 0 Å². The van der Waals surface area contributed by atoms with Crippen LogP contribution in [0, 0.1) is 5.92 Å². The Morgan fingerprint density at radius 3 is 2.06 bits per heavy atom. The van der Waals surface area contributed by atoms with Gasteiger partial charge < -0.3 is 0 Å². The molecule has 0 aromatic carbocycles. The van der Waals surface area contributed by atoms with Gasteiger partial charge in [0.05, 0.1) is 15.1 Å². The van der Waals surface area contributed by atoms with Gasteiger partial charge >= 0.3 is 0 Å². The molecule has 0 amide bonds. The smallest absolute Gasteiger partial charge is 0.249 e. The Morgan fingerprint density at radius 2 is 1.69 bits per heavy atom. The van der Waals surface area contributed by atoms with Crippen molar-refractivity contribution >= 4 is 80.1 Å². The predicted octanol–water partition coefficient (Wildman–Crippen LogP) is 3.94. The summed E-state index contributed by atoms with van der Waals surface area (Å²) in [6.07, 6.45) is 1.15. The molecule has 88 valence electrons. The fraction of sp³-hybridized carbons (Fsp3) is 0.250. The Labute approximate surface area is 121 Å². The first-order valence-corrected chi connectivity index (χ1v) is 6.00. The molecule has 8 heteroatoms. The van der Waals surface area contributed by atoms with Gasteiger partial charge in [-0.3, -0.25) is 9.59 Å². The van der Waals surface area contributed by atoms with Crippen molar-refractivity contribution in [3.05, 3.63) is 21.2 Å². The minimum absolute atomic E-state index is 0.0140. The van der Waals surface area contributed by atoms with Gasteiger partial charge in [-0.2, -0.15) is 0 Å². The number of rotatable bonds is 2. The molecular formula is C8H2Cl6O2. The van der Waals surface area contributed by atoms with Crippen molar-refractivity contribution in [2.75, 3.05) is 0 Å². The Kier molecular flexibility index (Phi) is 4.61. The minimum Gasteiger partial charge on any atom is -0.280 e. The fourth-order valence-electron chi connectivity index (χ4n) is 1.20. The number of carbonyl (C=O) groups excluding carboxylic acids is 2. The summed E-state index contributed by atoms with van der Waals surface area (Å²) in [6.45, 7) is 0. The molecule has 16 heavy (non-hydrogen) atoms. The molecule has 0 spiro atoms. The highest BCUT2D eigenvalue weighted by molar-refractivity contribution is 6.75. The van der Waals surface area contributed by atoms with Crippen LogP contribution in [0.2, 0.25) is 0 Å². The van der Waals surface area contributed by atoms with Crippen molar-refractivity contribution in [3.8, 4) is 0 Å². The van der Waals surface area contributed by atoms with E-state index in [9.17, 15) is 9.59 Å². The summed E-state index contributed by atoms with van der Waals surface area (Å²) in [5.41, 5.74) is 0. The van der Waals surface area contributed by atoms with Crippen molar-refractivity contribution in [2.24, 2.45) is 5.92 Å². The zero-order valence-corrected chi connectivity index (χ0v) is 11.8. The molecule has 0 heterocycles. The molecule has 0 radical (unpaired) electrons. The molecule has 0 bridgehead atoms. The number of alkyl halides is 1. The van der Waals surface area contributed by atoms with Crippen molar-refractivity contribution in [1.29, 1.82) is 0 Å². The maximum atomic E-state index is 11.3. The van der Waals surface area contributed by atoms with E-state index in [0.717, 1.165) is 6.08 Å². The third-order valence-corrected chi connectivity index (χ3v) is 4.54. The average molecular weight is 343 g/mol. The van der Waals surface area contributed by atoms with Gasteiger partial charge in [-0.25, -0.2) is 0 Å². The lowest BCUT2D eigenvalue weighted by molar-refractivity contribution is -0.120. The van der Waals surface area contributed by atoms with Gasteiger partial charge in [0.15, 0.2) is 4.87 Å². The number of hydrogen-bond acceptors (Lipinski definition) is 2. The monoisotopic (exact) mass is 340 g/mol. The summed E-state index contributed by atoms with van der Waals surface area (Å²) in [5.74, 6) is -1.40. The van der Waals surface area contributed by atoms with E-state index < -0.39 is 21.3 Å². The predicted molar refractivity (Wildman–Crippen MR) is 66.5 cm³/mol. The zero-order chi connectivity index (χ0) is 12.7. The van der Waals surface area contributed by atoms with Gasteiger partial charge in [0.1, 0.15) is 5.92 Å². The quantitative estimate of drug-likeness (QED) is 0.562. The number of hydrogen-bond donors (Lipinski definition) is 0. The summed E-state index contributed by atoms with van der Waals surface area (Å²) in [4.78, 5) is 20.5. The summed E-state index contributed by atoms with van der Waals surface area (Å²) >= 11 is 33.8. The highest BCUT2D eigenvalue weighted by Gasteiger charge is 2.53. The highest BCUT2D eigenvalue weighted by atomic mass is 35.5. The van der Waals surface area contributed by atoms with E-state index in [1.165, 1.54) is 0 Å². The van der Waals surface area contributed by atoms with E-state index in [4.69, 9.17) is 69.6 Å². The maximum absolute atomic E-state index is 11.3. The van der Waals surface area contributed by atoms with Crippen LogP contribution in [0.25, 0.3) is 0 Å². The Bertz CT molecular complexity index is 426. The van der Waals surface area contributed by atoms with Crippen molar-refractivity contribution in [3.63, 3.8) is 0 Å². The Balaban J connectivity index is 3.46. The first kappa shape index (κ1) is 14.6. The van der Waals surface area contributed by atoms with Crippen LogP contribution in [0.1, 0.15) is 0 Å². The first-order chi connectivity index (χ1) is 7.22. The molecule has 0 saturated heterocycles. The number of allylic oxidation sites excluding steroid dienone is 4. The van der Waals surface area contributed by atoms with E-state index >= 15 is 0 Å². The lowest BCUT2D eigenvalue weighted by Crippen LogP contribution is -2.43. The Morgan fingerprint density at radius 1 is 1.19 bits per heavy atom. The van der Waals surface area contributed by atoms with E-state index in [0.29, 0.717) is 0 Å². The summed E-state index contributed by atoms with van der Waals surface area (Å²) in [6, 6.07) is 0. The lowest BCUT2D eigenvalue weighted by Gasteiger charge is -2.32. The molecule has 0 N–H and O–H groups in total. The van der Waals surface area contributed by atoms with Gasteiger partial charge in [0.2, 0.25) is 10.5 Å². The van der Waals surface area contributed by atoms with Crippen LogP contribution in [-0.4, -0.2) is 15.4 Å². The molecule has 2 unspecified atom stereocenters. The second-order valence-electron chi connectivity index (χ2n) is 2.91. The van der Waals surface area contributed by atoms with Gasteiger partial charge in [-0.1, -0.05) is 34.8 Å². The molecule has 0 aromatic rings. The third kappa shape index (κ3) is 2.24.